The van der Waals surface area contributed by atoms with Crippen LogP contribution >= 0.6 is 11.6 Å². The van der Waals surface area contributed by atoms with Gasteiger partial charge in [-0.05, 0) is 30.7 Å². The molecule has 24 heavy (non-hydrogen) atoms. The lowest BCUT2D eigenvalue weighted by atomic mass is 10.3. The number of halogens is 1. The van der Waals surface area contributed by atoms with Crippen LogP contribution < -0.4 is 4.90 Å². The summed E-state index contributed by atoms with van der Waals surface area (Å²) in [6, 6.07) is 13.6. The predicted octanol–water partition coefficient (Wildman–Crippen LogP) is 3.72. The minimum absolute atomic E-state index is 0.405. The summed E-state index contributed by atoms with van der Waals surface area (Å²) in [4.78, 5) is 15.7. The van der Waals surface area contributed by atoms with Crippen LogP contribution in [0.25, 0.3) is 11.0 Å². The summed E-state index contributed by atoms with van der Waals surface area (Å²) in [5, 5.41) is 0.405. The molecular weight excluding hydrogens is 324 g/mol. The van der Waals surface area contributed by atoms with Crippen molar-refractivity contribution >= 4 is 28.5 Å². The van der Waals surface area contributed by atoms with Crippen molar-refractivity contribution < 1.29 is 4.74 Å². The molecule has 1 aromatic carbocycles. The Kier molecular flexibility index (Phi) is 5.56. The van der Waals surface area contributed by atoms with Gasteiger partial charge in [0.2, 0.25) is 0 Å². The second kappa shape index (κ2) is 8.04. The number of hydrogen-bond acceptors (Lipinski definition) is 5. The van der Waals surface area contributed by atoms with E-state index in [1.165, 1.54) is 0 Å². The number of benzene rings is 1. The molecule has 0 amide bonds. The van der Waals surface area contributed by atoms with E-state index in [0.29, 0.717) is 24.1 Å². The molecule has 0 fully saturated rings. The number of nitrogens with zero attached hydrogens (tertiary/aromatic N) is 4. The number of anilines is 1. The fourth-order valence-corrected chi connectivity index (χ4v) is 2.77. The van der Waals surface area contributed by atoms with E-state index in [-0.39, 0.29) is 0 Å². The first-order chi connectivity index (χ1) is 11.8. The Morgan fingerprint density at radius 3 is 2.50 bits per heavy atom. The number of pyridine rings is 1. The van der Waals surface area contributed by atoms with Gasteiger partial charge in [-0.1, -0.05) is 29.8 Å². The van der Waals surface area contributed by atoms with E-state index >= 15 is 0 Å². The second-order valence-electron chi connectivity index (χ2n) is 5.42. The Morgan fingerprint density at radius 1 is 1.04 bits per heavy atom. The van der Waals surface area contributed by atoms with Crippen molar-refractivity contribution in [3.05, 3.63) is 59.5 Å². The van der Waals surface area contributed by atoms with Crippen LogP contribution in [0.15, 0.2) is 48.7 Å². The number of rotatable bonds is 7. The molecule has 3 rings (SSSR count). The van der Waals surface area contributed by atoms with E-state index in [1.807, 2.05) is 42.5 Å². The Balaban J connectivity index is 1.93. The molecule has 2 aromatic heterocycles. The number of aromatic nitrogens is 3. The summed E-state index contributed by atoms with van der Waals surface area (Å²) in [6.45, 7) is 2.06. The van der Waals surface area contributed by atoms with Crippen LogP contribution in [-0.4, -0.2) is 35.2 Å². The molecule has 6 heteroatoms. The second-order valence-corrected chi connectivity index (χ2v) is 5.77. The minimum atomic E-state index is 0.405. The maximum absolute atomic E-state index is 6.41. The van der Waals surface area contributed by atoms with Gasteiger partial charge in [0.25, 0.3) is 0 Å². The number of para-hydroxylation sites is 2. The van der Waals surface area contributed by atoms with E-state index in [4.69, 9.17) is 21.3 Å². The largest absolute Gasteiger partial charge is 0.385 e. The number of ether oxygens (including phenoxy) is 1. The molecule has 2 heterocycles. The third-order valence-electron chi connectivity index (χ3n) is 3.67. The summed E-state index contributed by atoms with van der Waals surface area (Å²) in [7, 11) is 1.70. The zero-order valence-electron chi connectivity index (χ0n) is 13.5. The molecule has 0 aliphatic heterocycles. The van der Waals surface area contributed by atoms with Crippen LogP contribution in [0.1, 0.15) is 12.1 Å². The average molecular weight is 343 g/mol. The highest BCUT2D eigenvalue weighted by molar-refractivity contribution is 6.32. The first-order valence-electron chi connectivity index (χ1n) is 7.84. The van der Waals surface area contributed by atoms with Crippen molar-refractivity contribution in [3.8, 4) is 0 Å². The van der Waals surface area contributed by atoms with E-state index in [2.05, 4.69) is 14.9 Å². The van der Waals surface area contributed by atoms with Crippen LogP contribution in [0.5, 0.6) is 0 Å². The number of methoxy groups -OCH3 is 1. The van der Waals surface area contributed by atoms with Gasteiger partial charge in [0.15, 0.2) is 11.0 Å². The monoisotopic (exact) mass is 342 g/mol. The van der Waals surface area contributed by atoms with Gasteiger partial charge in [-0.15, -0.1) is 0 Å². The van der Waals surface area contributed by atoms with Gasteiger partial charge in [-0.2, -0.15) is 0 Å². The zero-order chi connectivity index (χ0) is 16.8. The van der Waals surface area contributed by atoms with Crippen LogP contribution in [0.4, 0.5) is 5.82 Å². The minimum Gasteiger partial charge on any atom is -0.385 e. The van der Waals surface area contributed by atoms with Crippen molar-refractivity contribution in [1.82, 2.24) is 15.0 Å². The molecular formula is C18H19ClN4O. The van der Waals surface area contributed by atoms with Gasteiger partial charge in [-0.3, -0.25) is 4.98 Å². The third kappa shape index (κ3) is 3.99. The molecule has 0 spiro atoms. The van der Waals surface area contributed by atoms with Crippen molar-refractivity contribution in [3.63, 3.8) is 0 Å². The fourth-order valence-electron chi connectivity index (χ4n) is 2.52. The smallest absolute Gasteiger partial charge is 0.172 e. The van der Waals surface area contributed by atoms with Crippen molar-refractivity contribution in [2.75, 3.05) is 25.2 Å². The third-order valence-corrected chi connectivity index (χ3v) is 3.92. The first-order valence-corrected chi connectivity index (χ1v) is 8.22. The van der Waals surface area contributed by atoms with Crippen LogP contribution in [0.3, 0.4) is 0 Å². The molecule has 5 nitrogen and oxygen atoms in total. The van der Waals surface area contributed by atoms with Gasteiger partial charge in [-0.25, -0.2) is 9.97 Å². The molecule has 0 atom stereocenters. The summed E-state index contributed by atoms with van der Waals surface area (Å²) >= 11 is 6.41. The lowest BCUT2D eigenvalue weighted by molar-refractivity contribution is 0.196. The molecule has 0 saturated heterocycles. The van der Waals surface area contributed by atoms with Gasteiger partial charge in [0, 0.05) is 26.5 Å². The predicted molar refractivity (Wildman–Crippen MR) is 96.3 cm³/mol. The number of hydrogen-bond donors (Lipinski definition) is 0. The van der Waals surface area contributed by atoms with Gasteiger partial charge < -0.3 is 9.64 Å². The standard InChI is InChI=1S/C18H19ClN4O/c1-24-12-6-11-23(13-14-7-4-5-10-20-14)18-17(19)21-15-8-2-3-9-16(15)22-18/h2-5,7-10H,6,11-13H2,1H3. The molecule has 0 N–H and O–H groups in total. The molecule has 124 valence electrons. The summed E-state index contributed by atoms with van der Waals surface area (Å²) in [5.74, 6) is 0.678. The number of fused-ring (bicyclic) bond motifs is 1. The molecule has 3 aromatic rings. The quantitative estimate of drug-likeness (QED) is 0.612. The van der Waals surface area contributed by atoms with Crippen LogP contribution in [0, 0.1) is 0 Å². The maximum atomic E-state index is 6.41. The normalized spacial score (nSPS) is 10.9. The average Bonchev–Trinajstić information content (AvgIpc) is 2.61. The highest BCUT2D eigenvalue weighted by Crippen LogP contribution is 2.26. The maximum Gasteiger partial charge on any atom is 0.172 e. The molecule has 0 radical (unpaired) electrons. The Bertz CT molecular complexity index is 797. The SMILES string of the molecule is COCCCN(Cc1ccccn1)c1nc2ccccc2nc1Cl. The zero-order valence-corrected chi connectivity index (χ0v) is 14.3. The van der Waals surface area contributed by atoms with Crippen LogP contribution in [0.2, 0.25) is 5.15 Å². The molecule has 0 aliphatic rings. The molecule has 0 unspecified atom stereocenters. The first kappa shape index (κ1) is 16.6. The van der Waals surface area contributed by atoms with E-state index in [1.54, 1.807) is 13.3 Å². The topological polar surface area (TPSA) is 51.1 Å². The lowest BCUT2D eigenvalue weighted by Crippen LogP contribution is -2.27. The summed E-state index contributed by atoms with van der Waals surface area (Å²) < 4.78 is 5.17. The highest BCUT2D eigenvalue weighted by atomic mass is 35.5. The summed E-state index contributed by atoms with van der Waals surface area (Å²) in [5.41, 5.74) is 2.58. The van der Waals surface area contributed by atoms with Crippen molar-refractivity contribution in [2.45, 2.75) is 13.0 Å². The van der Waals surface area contributed by atoms with Gasteiger partial charge >= 0.3 is 0 Å². The van der Waals surface area contributed by atoms with Crippen molar-refractivity contribution in [1.29, 1.82) is 0 Å². The highest BCUT2D eigenvalue weighted by Gasteiger charge is 2.15. The molecule has 0 bridgehead atoms. The van der Waals surface area contributed by atoms with E-state index in [0.717, 1.165) is 29.7 Å². The fraction of sp³-hybridized carbons (Fsp3) is 0.278. The Labute approximate surface area is 146 Å². The van der Waals surface area contributed by atoms with E-state index < -0.39 is 0 Å². The Hall–Kier alpha value is -2.24. The Morgan fingerprint density at radius 2 is 1.79 bits per heavy atom. The summed E-state index contributed by atoms with van der Waals surface area (Å²) in [6.07, 6.45) is 2.66. The molecule has 0 saturated carbocycles. The molecule has 0 aliphatic carbocycles. The van der Waals surface area contributed by atoms with Crippen LogP contribution in [-0.2, 0) is 11.3 Å². The van der Waals surface area contributed by atoms with Gasteiger partial charge in [0.05, 0.1) is 23.3 Å². The van der Waals surface area contributed by atoms with E-state index in [9.17, 15) is 0 Å². The van der Waals surface area contributed by atoms with Gasteiger partial charge in [0.1, 0.15) is 0 Å². The lowest BCUT2D eigenvalue weighted by Gasteiger charge is -2.24. The van der Waals surface area contributed by atoms with Crippen molar-refractivity contribution in [2.24, 2.45) is 0 Å².